The first kappa shape index (κ1) is 38.7. The number of rotatable bonds is 5. The highest BCUT2D eigenvalue weighted by atomic mass is 15.0. The van der Waals surface area contributed by atoms with E-state index in [1.165, 1.54) is 137 Å². The smallest absolute Gasteiger partial charge is 0.0541 e. The lowest BCUT2D eigenvalue weighted by atomic mass is 9.82. The molecule has 0 amide bonds. The fourth-order valence-electron chi connectivity index (χ4n) is 11.8. The largest absolute Gasteiger partial charge is 0.309 e. The Labute approximate surface area is 395 Å². The third kappa shape index (κ3) is 5.82. The molecule has 1 aliphatic carbocycles. The van der Waals surface area contributed by atoms with Gasteiger partial charge in [-0.05, 0) is 158 Å². The minimum Gasteiger partial charge on any atom is -0.309 e. The van der Waals surface area contributed by atoms with Crippen LogP contribution in [0.5, 0.6) is 0 Å². The second-order valence-electron chi connectivity index (χ2n) is 19.2. The molecule has 14 rings (SSSR count). The molecule has 68 heavy (non-hydrogen) atoms. The molecule has 1 nitrogen and oxygen atoms in total. The van der Waals surface area contributed by atoms with Crippen molar-refractivity contribution in [1.29, 1.82) is 0 Å². The van der Waals surface area contributed by atoms with E-state index in [9.17, 15) is 0 Å². The summed E-state index contributed by atoms with van der Waals surface area (Å²) in [7, 11) is 0. The molecule has 0 aliphatic heterocycles. The number of nitrogens with zero attached hydrogens (tertiary/aromatic N) is 1. The van der Waals surface area contributed by atoms with Crippen LogP contribution in [-0.2, 0) is 5.41 Å². The van der Waals surface area contributed by atoms with Crippen molar-refractivity contribution in [3.05, 3.63) is 248 Å². The molecule has 0 unspecified atom stereocenters. The molecular formula is C67H45N. The van der Waals surface area contributed by atoms with Gasteiger partial charge in [0, 0.05) is 21.9 Å². The molecule has 1 aromatic heterocycles. The highest BCUT2D eigenvalue weighted by Crippen LogP contribution is 2.50. The van der Waals surface area contributed by atoms with Crippen LogP contribution in [0.2, 0.25) is 0 Å². The zero-order valence-electron chi connectivity index (χ0n) is 38.0. The molecule has 13 aromatic rings. The lowest BCUT2D eigenvalue weighted by molar-refractivity contribution is 0.660. The van der Waals surface area contributed by atoms with Crippen LogP contribution in [0.3, 0.4) is 0 Å². The van der Waals surface area contributed by atoms with Crippen molar-refractivity contribution in [3.8, 4) is 61.3 Å². The van der Waals surface area contributed by atoms with Gasteiger partial charge in [-0.15, -0.1) is 0 Å². The summed E-state index contributed by atoms with van der Waals surface area (Å²) >= 11 is 0. The molecule has 1 heteroatoms. The summed E-state index contributed by atoms with van der Waals surface area (Å²) in [5.41, 5.74) is 18.7. The number of aromatic nitrogens is 1. The van der Waals surface area contributed by atoms with Gasteiger partial charge in [-0.3, -0.25) is 0 Å². The van der Waals surface area contributed by atoms with Crippen LogP contribution in [0.15, 0.2) is 237 Å². The number of hydrogen-bond acceptors (Lipinski definition) is 0. The Morgan fingerprint density at radius 3 is 1.21 bits per heavy atom. The van der Waals surface area contributed by atoms with Crippen molar-refractivity contribution < 1.29 is 0 Å². The van der Waals surface area contributed by atoms with Crippen molar-refractivity contribution in [1.82, 2.24) is 4.57 Å². The van der Waals surface area contributed by atoms with E-state index in [4.69, 9.17) is 0 Å². The first-order valence-corrected chi connectivity index (χ1v) is 23.8. The van der Waals surface area contributed by atoms with Crippen LogP contribution in [0.4, 0.5) is 0 Å². The van der Waals surface area contributed by atoms with E-state index in [-0.39, 0.29) is 5.41 Å². The minimum absolute atomic E-state index is 0.0996. The van der Waals surface area contributed by atoms with Gasteiger partial charge >= 0.3 is 0 Å². The average Bonchev–Trinajstić information content (AvgIpc) is 3.85. The fraction of sp³-hybridized carbons (Fsp3) is 0.0448. The maximum Gasteiger partial charge on any atom is 0.0541 e. The molecule has 0 atom stereocenters. The van der Waals surface area contributed by atoms with Crippen molar-refractivity contribution >= 4 is 64.9 Å². The Hall–Kier alpha value is -8.52. The van der Waals surface area contributed by atoms with Crippen LogP contribution in [0.1, 0.15) is 25.0 Å². The summed E-state index contributed by atoms with van der Waals surface area (Å²) in [6.07, 6.45) is 0. The van der Waals surface area contributed by atoms with Gasteiger partial charge in [-0.2, -0.15) is 0 Å². The third-order valence-electron chi connectivity index (χ3n) is 15.2. The van der Waals surface area contributed by atoms with Gasteiger partial charge in [0.05, 0.1) is 11.0 Å². The second kappa shape index (κ2) is 14.7. The quantitative estimate of drug-likeness (QED) is 0.152. The van der Waals surface area contributed by atoms with Crippen LogP contribution < -0.4 is 0 Å². The first-order chi connectivity index (χ1) is 33.5. The Balaban J connectivity index is 0.904. The Bertz CT molecular complexity index is 3980. The molecule has 1 heterocycles. The lowest BCUT2D eigenvalue weighted by Gasteiger charge is -2.22. The Morgan fingerprint density at radius 1 is 0.265 bits per heavy atom. The van der Waals surface area contributed by atoms with E-state index in [1.54, 1.807) is 0 Å². The Morgan fingerprint density at radius 2 is 0.676 bits per heavy atom. The second-order valence-corrected chi connectivity index (χ2v) is 19.2. The molecule has 0 fully saturated rings. The highest BCUT2D eigenvalue weighted by molar-refractivity contribution is 6.16. The molecule has 0 saturated heterocycles. The predicted octanol–water partition coefficient (Wildman–Crippen LogP) is 18.4. The summed E-state index contributed by atoms with van der Waals surface area (Å²) in [4.78, 5) is 0. The summed E-state index contributed by atoms with van der Waals surface area (Å²) < 4.78 is 2.49. The standard InChI is InChI=1S/C67H45N/c1-67(2)63-22-12-11-21-57(63)58-34-33-50(41-64(58)67)68-65-35-31-46(42-23-27-44(28-24-42)59-39-48-13-3-5-15-51(48)53-17-7-9-19-55(53)59)37-61(65)62-38-47(32-36-66(62)68)43-25-29-45(30-26-43)60-40-49-14-4-6-16-52(49)54-18-8-10-20-56(54)60/h3-41H,1-2H3. The summed E-state index contributed by atoms with van der Waals surface area (Å²) in [5.74, 6) is 0. The zero-order chi connectivity index (χ0) is 45.1. The zero-order valence-corrected chi connectivity index (χ0v) is 38.0. The van der Waals surface area contributed by atoms with E-state index in [0.29, 0.717) is 0 Å². The van der Waals surface area contributed by atoms with E-state index >= 15 is 0 Å². The van der Waals surface area contributed by atoms with E-state index in [1.807, 2.05) is 0 Å². The van der Waals surface area contributed by atoms with Gasteiger partial charge in [0.15, 0.2) is 0 Å². The van der Waals surface area contributed by atoms with Crippen molar-refractivity contribution in [2.24, 2.45) is 0 Å². The van der Waals surface area contributed by atoms with Gasteiger partial charge in [0.25, 0.3) is 0 Å². The molecular weight excluding hydrogens is 819 g/mol. The number of fused-ring (bicyclic) bond motifs is 12. The van der Waals surface area contributed by atoms with E-state index in [2.05, 4.69) is 255 Å². The molecule has 0 radical (unpaired) electrons. The SMILES string of the molecule is CC1(C)c2ccccc2-c2ccc(-n3c4ccc(-c5ccc(-c6cc7ccccc7c7ccccc67)cc5)cc4c4cc(-c5ccc(-c6cc7ccccc7c7ccccc67)cc5)ccc43)cc21. The van der Waals surface area contributed by atoms with Crippen LogP contribution in [0.25, 0.3) is 126 Å². The molecule has 318 valence electrons. The van der Waals surface area contributed by atoms with Crippen LogP contribution >= 0.6 is 0 Å². The molecule has 12 aromatic carbocycles. The maximum absolute atomic E-state index is 2.49. The Kier molecular flexibility index (Phi) is 8.40. The molecule has 0 saturated carbocycles. The van der Waals surface area contributed by atoms with Gasteiger partial charge < -0.3 is 4.57 Å². The van der Waals surface area contributed by atoms with Gasteiger partial charge in [-0.25, -0.2) is 0 Å². The first-order valence-electron chi connectivity index (χ1n) is 23.8. The van der Waals surface area contributed by atoms with Crippen LogP contribution in [-0.4, -0.2) is 4.57 Å². The molecule has 0 bridgehead atoms. The monoisotopic (exact) mass is 863 g/mol. The maximum atomic E-state index is 2.49. The van der Waals surface area contributed by atoms with Gasteiger partial charge in [-0.1, -0.05) is 202 Å². The average molecular weight is 864 g/mol. The fourth-order valence-corrected chi connectivity index (χ4v) is 11.8. The normalized spacial score (nSPS) is 13.0. The summed E-state index contributed by atoms with van der Waals surface area (Å²) in [5, 5.41) is 12.7. The number of benzene rings is 12. The predicted molar refractivity (Wildman–Crippen MR) is 290 cm³/mol. The van der Waals surface area contributed by atoms with Crippen molar-refractivity contribution in [2.75, 3.05) is 0 Å². The highest BCUT2D eigenvalue weighted by Gasteiger charge is 2.35. The summed E-state index contributed by atoms with van der Waals surface area (Å²) in [6.45, 7) is 4.74. The van der Waals surface area contributed by atoms with Gasteiger partial charge in [0.2, 0.25) is 0 Å². The molecule has 0 N–H and O–H groups in total. The van der Waals surface area contributed by atoms with E-state index < -0.39 is 0 Å². The van der Waals surface area contributed by atoms with Crippen molar-refractivity contribution in [3.63, 3.8) is 0 Å². The van der Waals surface area contributed by atoms with Crippen LogP contribution in [0, 0.1) is 0 Å². The van der Waals surface area contributed by atoms with E-state index in [0.717, 1.165) is 0 Å². The lowest BCUT2D eigenvalue weighted by Crippen LogP contribution is -2.15. The molecule has 1 aliphatic rings. The summed E-state index contributed by atoms with van der Waals surface area (Å²) in [6, 6.07) is 88.3. The number of hydrogen-bond donors (Lipinski definition) is 0. The topological polar surface area (TPSA) is 4.93 Å². The molecule has 0 spiro atoms. The minimum atomic E-state index is -0.0996. The third-order valence-corrected chi connectivity index (χ3v) is 15.2. The van der Waals surface area contributed by atoms with Gasteiger partial charge in [0.1, 0.15) is 0 Å². The van der Waals surface area contributed by atoms with Crippen molar-refractivity contribution in [2.45, 2.75) is 19.3 Å².